The van der Waals surface area contributed by atoms with Crippen molar-refractivity contribution in [2.75, 3.05) is 33.7 Å². The fraction of sp³-hybridized carbons (Fsp3) is 1.00. The topological polar surface area (TPSA) is 18.5 Å². The Morgan fingerprint density at radius 2 is 2.00 bits per heavy atom. The van der Waals surface area contributed by atoms with Crippen LogP contribution >= 0.6 is 0 Å². The Hall–Kier alpha value is -0.120. The van der Waals surface area contributed by atoms with Crippen LogP contribution < -0.4 is 5.32 Å². The molecule has 2 rings (SSSR count). The van der Waals surface area contributed by atoms with E-state index in [-0.39, 0.29) is 0 Å². The Bertz CT molecular complexity index is 191. The molecule has 0 bridgehead atoms. The van der Waals surface area contributed by atoms with E-state index in [1.54, 1.807) is 0 Å². The first kappa shape index (κ1) is 10.4. The molecule has 0 spiro atoms. The van der Waals surface area contributed by atoms with E-state index in [9.17, 15) is 0 Å². The molecule has 2 saturated heterocycles. The van der Waals surface area contributed by atoms with E-state index in [4.69, 9.17) is 0 Å². The van der Waals surface area contributed by atoms with Gasteiger partial charge in [-0.2, -0.15) is 0 Å². The van der Waals surface area contributed by atoms with Crippen molar-refractivity contribution < 1.29 is 0 Å². The second kappa shape index (κ2) is 4.17. The fourth-order valence-corrected chi connectivity index (χ4v) is 2.49. The third-order valence-electron chi connectivity index (χ3n) is 4.09. The number of nitrogens with zero attached hydrogens (tertiary/aromatic N) is 2. The number of rotatable bonds is 2. The highest BCUT2D eigenvalue weighted by Crippen LogP contribution is 2.21. The summed E-state index contributed by atoms with van der Waals surface area (Å²) in [6.07, 6.45) is 2.68. The van der Waals surface area contributed by atoms with Crippen LogP contribution in [0.25, 0.3) is 0 Å². The van der Waals surface area contributed by atoms with Crippen LogP contribution in [0.5, 0.6) is 0 Å². The monoisotopic (exact) mass is 197 g/mol. The van der Waals surface area contributed by atoms with E-state index in [1.165, 1.54) is 32.5 Å². The molecule has 14 heavy (non-hydrogen) atoms. The predicted octanol–water partition coefficient (Wildman–Crippen LogP) is 0.373. The Morgan fingerprint density at radius 1 is 1.29 bits per heavy atom. The molecule has 1 N–H and O–H groups in total. The SMILES string of the molecule is CC1CC(N(C)C2CNC2)CCN1C. The van der Waals surface area contributed by atoms with Gasteiger partial charge in [-0.05, 0) is 40.4 Å². The first-order valence-electron chi connectivity index (χ1n) is 5.81. The molecule has 2 atom stereocenters. The Morgan fingerprint density at radius 3 is 2.50 bits per heavy atom. The second-order valence-corrected chi connectivity index (χ2v) is 4.99. The molecular weight excluding hydrogens is 174 g/mol. The Balaban J connectivity index is 1.85. The van der Waals surface area contributed by atoms with Crippen molar-refractivity contribution in [2.45, 2.75) is 37.9 Å². The molecule has 0 aromatic rings. The summed E-state index contributed by atoms with van der Waals surface area (Å²) in [5, 5.41) is 3.35. The summed E-state index contributed by atoms with van der Waals surface area (Å²) in [6, 6.07) is 2.37. The standard InChI is InChI=1S/C11H23N3/c1-9-6-10(4-5-13(9)2)14(3)11-7-12-8-11/h9-12H,4-8H2,1-3H3. The van der Waals surface area contributed by atoms with E-state index in [2.05, 4.69) is 36.1 Å². The van der Waals surface area contributed by atoms with E-state index in [0.717, 1.165) is 18.1 Å². The van der Waals surface area contributed by atoms with E-state index in [0.29, 0.717) is 0 Å². The van der Waals surface area contributed by atoms with Crippen LogP contribution in [0.3, 0.4) is 0 Å². The molecule has 2 heterocycles. The van der Waals surface area contributed by atoms with Gasteiger partial charge in [-0.1, -0.05) is 0 Å². The number of piperidine rings is 1. The summed E-state index contributed by atoms with van der Waals surface area (Å²) in [4.78, 5) is 5.07. The quantitative estimate of drug-likeness (QED) is 0.690. The maximum Gasteiger partial charge on any atom is 0.0345 e. The third kappa shape index (κ3) is 1.95. The van der Waals surface area contributed by atoms with E-state index < -0.39 is 0 Å². The molecule has 2 aliphatic heterocycles. The van der Waals surface area contributed by atoms with Gasteiger partial charge in [0.25, 0.3) is 0 Å². The lowest BCUT2D eigenvalue weighted by Gasteiger charge is -2.45. The minimum Gasteiger partial charge on any atom is -0.314 e. The van der Waals surface area contributed by atoms with Gasteiger partial charge < -0.3 is 10.2 Å². The van der Waals surface area contributed by atoms with Crippen LogP contribution in [0.2, 0.25) is 0 Å². The molecule has 82 valence electrons. The van der Waals surface area contributed by atoms with Crippen molar-refractivity contribution in [1.82, 2.24) is 15.1 Å². The molecule has 3 nitrogen and oxygen atoms in total. The van der Waals surface area contributed by atoms with Crippen molar-refractivity contribution in [2.24, 2.45) is 0 Å². The molecule has 2 aliphatic rings. The van der Waals surface area contributed by atoms with Gasteiger partial charge in [-0.15, -0.1) is 0 Å². The van der Waals surface area contributed by atoms with Crippen LogP contribution in [-0.4, -0.2) is 61.7 Å². The maximum absolute atomic E-state index is 3.35. The van der Waals surface area contributed by atoms with Gasteiger partial charge in [0.15, 0.2) is 0 Å². The number of nitrogens with one attached hydrogen (secondary N) is 1. The lowest BCUT2D eigenvalue weighted by atomic mass is 9.95. The highest BCUT2D eigenvalue weighted by Gasteiger charge is 2.31. The van der Waals surface area contributed by atoms with Crippen LogP contribution in [0.4, 0.5) is 0 Å². The van der Waals surface area contributed by atoms with Gasteiger partial charge in [-0.25, -0.2) is 0 Å². The summed E-state index contributed by atoms with van der Waals surface area (Å²) in [7, 11) is 4.54. The first-order chi connectivity index (χ1) is 6.68. The molecule has 0 amide bonds. The normalized spacial score (nSPS) is 36.0. The zero-order chi connectivity index (χ0) is 10.1. The van der Waals surface area contributed by atoms with Gasteiger partial charge >= 0.3 is 0 Å². The largest absolute Gasteiger partial charge is 0.314 e. The molecular formula is C11H23N3. The van der Waals surface area contributed by atoms with Crippen molar-refractivity contribution in [3.05, 3.63) is 0 Å². The summed E-state index contributed by atoms with van der Waals surface area (Å²) in [6.45, 7) is 5.99. The molecule has 0 radical (unpaired) electrons. The summed E-state index contributed by atoms with van der Waals surface area (Å²) < 4.78 is 0. The number of likely N-dealkylation sites (tertiary alicyclic amines) is 1. The zero-order valence-corrected chi connectivity index (χ0v) is 9.66. The lowest BCUT2D eigenvalue weighted by molar-refractivity contribution is 0.0595. The Labute approximate surface area is 87.4 Å². The van der Waals surface area contributed by atoms with Crippen LogP contribution in [0.15, 0.2) is 0 Å². The van der Waals surface area contributed by atoms with Gasteiger partial charge in [0, 0.05) is 31.2 Å². The molecule has 0 aromatic carbocycles. The predicted molar refractivity (Wildman–Crippen MR) is 59.5 cm³/mol. The molecule has 2 unspecified atom stereocenters. The molecule has 0 saturated carbocycles. The minimum atomic E-state index is 0.754. The fourth-order valence-electron chi connectivity index (χ4n) is 2.49. The average molecular weight is 197 g/mol. The minimum absolute atomic E-state index is 0.754. The highest BCUT2D eigenvalue weighted by atomic mass is 15.3. The van der Waals surface area contributed by atoms with Crippen molar-refractivity contribution >= 4 is 0 Å². The second-order valence-electron chi connectivity index (χ2n) is 4.99. The van der Waals surface area contributed by atoms with E-state index in [1.807, 2.05) is 0 Å². The van der Waals surface area contributed by atoms with Crippen molar-refractivity contribution in [3.8, 4) is 0 Å². The summed E-state index contributed by atoms with van der Waals surface area (Å²) in [5.74, 6) is 0. The number of hydrogen-bond donors (Lipinski definition) is 1. The average Bonchev–Trinajstić information content (AvgIpc) is 2.06. The maximum atomic E-state index is 3.35. The van der Waals surface area contributed by atoms with Gasteiger partial charge in [-0.3, -0.25) is 4.90 Å². The van der Waals surface area contributed by atoms with E-state index >= 15 is 0 Å². The van der Waals surface area contributed by atoms with Crippen molar-refractivity contribution in [3.63, 3.8) is 0 Å². The lowest BCUT2D eigenvalue weighted by Crippen LogP contribution is -2.60. The van der Waals surface area contributed by atoms with Gasteiger partial charge in [0.05, 0.1) is 0 Å². The molecule has 0 aromatic heterocycles. The highest BCUT2D eigenvalue weighted by molar-refractivity contribution is 4.90. The molecule has 2 fully saturated rings. The number of hydrogen-bond acceptors (Lipinski definition) is 3. The Kier molecular flexibility index (Phi) is 3.10. The first-order valence-corrected chi connectivity index (χ1v) is 5.81. The van der Waals surface area contributed by atoms with Crippen molar-refractivity contribution in [1.29, 1.82) is 0 Å². The van der Waals surface area contributed by atoms with Gasteiger partial charge in [0.2, 0.25) is 0 Å². The third-order valence-corrected chi connectivity index (χ3v) is 4.09. The summed E-state index contributed by atoms with van der Waals surface area (Å²) >= 11 is 0. The van der Waals surface area contributed by atoms with Gasteiger partial charge in [0.1, 0.15) is 0 Å². The molecule has 0 aliphatic carbocycles. The van der Waals surface area contributed by atoms with Crippen LogP contribution in [0.1, 0.15) is 19.8 Å². The smallest absolute Gasteiger partial charge is 0.0345 e. The summed E-state index contributed by atoms with van der Waals surface area (Å²) in [5.41, 5.74) is 0. The van der Waals surface area contributed by atoms with Crippen LogP contribution in [0, 0.1) is 0 Å². The molecule has 3 heteroatoms. The van der Waals surface area contributed by atoms with Crippen LogP contribution in [-0.2, 0) is 0 Å². The number of likely N-dealkylation sites (N-methyl/N-ethyl adjacent to an activating group) is 1. The zero-order valence-electron chi connectivity index (χ0n) is 9.66.